The number of allylic oxidation sites excluding steroid dienone is 1. The van der Waals surface area contributed by atoms with Gasteiger partial charge in [0.1, 0.15) is 17.3 Å². The Balaban J connectivity index is 1.90. The van der Waals surface area contributed by atoms with Crippen LogP contribution in [-0.2, 0) is 0 Å². The minimum Gasteiger partial charge on any atom is -0.355 e. The summed E-state index contributed by atoms with van der Waals surface area (Å²) >= 11 is 1.47. The van der Waals surface area contributed by atoms with E-state index in [1.165, 1.54) is 24.0 Å². The fraction of sp³-hybridized carbons (Fsp3) is 0. The van der Waals surface area contributed by atoms with E-state index >= 15 is 0 Å². The zero-order valence-electron chi connectivity index (χ0n) is 13.2. The second-order valence-corrected chi connectivity index (χ2v) is 6.05. The van der Waals surface area contributed by atoms with Gasteiger partial charge in [0.05, 0.1) is 4.92 Å². The standard InChI is InChI=1S/C16H11N7O2S/c17-9-11(16-19-21-22-20-16)10-18-14-8-13(6-7-15(14)23(24)25)26-12-4-2-1-3-5-12/h1-8,10,18H,(H,19,20,21,22). The highest BCUT2D eigenvalue weighted by Crippen LogP contribution is 2.34. The summed E-state index contributed by atoms with van der Waals surface area (Å²) in [6, 6.07) is 16.3. The van der Waals surface area contributed by atoms with E-state index in [1.54, 1.807) is 12.1 Å². The predicted octanol–water partition coefficient (Wildman–Crippen LogP) is 3.24. The molecule has 0 saturated carbocycles. The molecule has 0 aliphatic rings. The van der Waals surface area contributed by atoms with E-state index in [0.717, 1.165) is 9.79 Å². The second-order valence-electron chi connectivity index (χ2n) is 4.90. The number of hydrogen-bond donors (Lipinski definition) is 2. The molecule has 3 aromatic rings. The van der Waals surface area contributed by atoms with Crippen molar-refractivity contribution in [1.29, 1.82) is 5.26 Å². The first-order valence-corrected chi connectivity index (χ1v) is 8.11. The van der Waals surface area contributed by atoms with Crippen molar-refractivity contribution in [2.45, 2.75) is 9.79 Å². The summed E-state index contributed by atoms with van der Waals surface area (Å²) in [7, 11) is 0. The Morgan fingerprint density at radius 3 is 2.73 bits per heavy atom. The highest BCUT2D eigenvalue weighted by molar-refractivity contribution is 7.99. The molecule has 0 unspecified atom stereocenters. The van der Waals surface area contributed by atoms with Crippen molar-refractivity contribution in [2.75, 3.05) is 5.32 Å². The number of anilines is 1. The van der Waals surface area contributed by atoms with Crippen LogP contribution in [0.3, 0.4) is 0 Å². The molecule has 0 atom stereocenters. The van der Waals surface area contributed by atoms with Gasteiger partial charge in [-0.05, 0) is 29.5 Å². The average molecular weight is 365 g/mol. The van der Waals surface area contributed by atoms with E-state index in [-0.39, 0.29) is 22.8 Å². The van der Waals surface area contributed by atoms with Crippen LogP contribution in [-0.4, -0.2) is 25.5 Å². The quantitative estimate of drug-likeness (QED) is 0.386. The number of hydrogen-bond acceptors (Lipinski definition) is 8. The fourth-order valence-electron chi connectivity index (χ4n) is 2.05. The highest BCUT2D eigenvalue weighted by Gasteiger charge is 2.15. The van der Waals surface area contributed by atoms with Gasteiger partial charge < -0.3 is 5.32 Å². The number of nitro benzene ring substituents is 1. The zero-order chi connectivity index (χ0) is 18.4. The number of aromatic nitrogens is 4. The third-order valence-corrected chi connectivity index (χ3v) is 4.22. The minimum absolute atomic E-state index is 0.0918. The molecule has 10 heteroatoms. The molecule has 9 nitrogen and oxygen atoms in total. The van der Waals surface area contributed by atoms with Crippen LogP contribution < -0.4 is 5.32 Å². The number of rotatable bonds is 6. The minimum atomic E-state index is -0.493. The number of H-pyrrole nitrogens is 1. The molecule has 0 spiro atoms. The van der Waals surface area contributed by atoms with Crippen molar-refractivity contribution < 1.29 is 4.92 Å². The number of nitro groups is 1. The third-order valence-electron chi connectivity index (χ3n) is 3.22. The number of tetrazole rings is 1. The molecule has 0 amide bonds. The topological polar surface area (TPSA) is 133 Å². The van der Waals surface area contributed by atoms with Crippen LogP contribution in [0.2, 0.25) is 0 Å². The van der Waals surface area contributed by atoms with Crippen molar-refractivity contribution in [3.8, 4) is 6.07 Å². The zero-order valence-corrected chi connectivity index (χ0v) is 14.0. The first-order chi connectivity index (χ1) is 12.7. The van der Waals surface area contributed by atoms with E-state index in [9.17, 15) is 15.4 Å². The molecule has 0 radical (unpaired) electrons. The maximum Gasteiger partial charge on any atom is 0.292 e. The highest BCUT2D eigenvalue weighted by atomic mass is 32.2. The molecular weight excluding hydrogens is 354 g/mol. The van der Waals surface area contributed by atoms with E-state index in [0.29, 0.717) is 0 Å². The van der Waals surface area contributed by atoms with Crippen LogP contribution >= 0.6 is 11.8 Å². The van der Waals surface area contributed by atoms with Gasteiger partial charge in [-0.15, -0.1) is 10.2 Å². The lowest BCUT2D eigenvalue weighted by Gasteiger charge is -2.07. The van der Waals surface area contributed by atoms with Crippen LogP contribution in [0.15, 0.2) is 64.5 Å². The molecule has 26 heavy (non-hydrogen) atoms. The Labute approximate surface area is 151 Å². The molecule has 1 heterocycles. The summed E-state index contributed by atoms with van der Waals surface area (Å²) in [6.07, 6.45) is 1.31. The van der Waals surface area contributed by atoms with E-state index in [2.05, 4.69) is 25.9 Å². The van der Waals surface area contributed by atoms with Crippen LogP contribution in [0.5, 0.6) is 0 Å². The van der Waals surface area contributed by atoms with Gasteiger partial charge in [-0.2, -0.15) is 10.5 Å². The van der Waals surface area contributed by atoms with Gasteiger partial charge in [0.2, 0.25) is 5.82 Å². The van der Waals surface area contributed by atoms with Gasteiger partial charge in [-0.1, -0.05) is 30.0 Å². The Hall–Kier alpha value is -3.71. The number of aromatic amines is 1. The fourth-order valence-corrected chi connectivity index (χ4v) is 2.93. The number of benzene rings is 2. The van der Waals surface area contributed by atoms with E-state index < -0.39 is 4.92 Å². The molecule has 128 valence electrons. The maximum absolute atomic E-state index is 11.3. The van der Waals surface area contributed by atoms with Crippen molar-refractivity contribution in [2.24, 2.45) is 0 Å². The summed E-state index contributed by atoms with van der Waals surface area (Å²) < 4.78 is 0. The first-order valence-electron chi connectivity index (χ1n) is 7.29. The molecule has 0 aliphatic heterocycles. The lowest BCUT2D eigenvalue weighted by atomic mass is 10.2. The number of nitrogens with zero attached hydrogens (tertiary/aromatic N) is 5. The SMILES string of the molecule is N#CC(=CNc1cc(Sc2ccccc2)ccc1[N+](=O)[O-])c1nn[nH]n1. The molecule has 0 bridgehead atoms. The maximum atomic E-state index is 11.3. The number of nitriles is 1. The van der Waals surface area contributed by atoms with E-state index in [1.807, 2.05) is 36.4 Å². The van der Waals surface area contributed by atoms with E-state index in [4.69, 9.17) is 0 Å². The Morgan fingerprint density at radius 1 is 1.27 bits per heavy atom. The van der Waals surface area contributed by atoms with Crippen molar-refractivity contribution in [3.05, 3.63) is 70.7 Å². The van der Waals surface area contributed by atoms with Crippen molar-refractivity contribution >= 4 is 28.7 Å². The molecule has 0 saturated heterocycles. The van der Waals surface area contributed by atoms with Crippen LogP contribution in [0.1, 0.15) is 5.82 Å². The van der Waals surface area contributed by atoms with Crippen LogP contribution in [0.25, 0.3) is 5.57 Å². The van der Waals surface area contributed by atoms with Gasteiger partial charge >= 0.3 is 0 Å². The lowest BCUT2D eigenvalue weighted by molar-refractivity contribution is -0.384. The Kier molecular flexibility index (Phi) is 5.21. The van der Waals surface area contributed by atoms with Crippen LogP contribution in [0, 0.1) is 21.4 Å². The summed E-state index contributed by atoms with van der Waals surface area (Å²) in [5, 5.41) is 36.3. The monoisotopic (exact) mass is 365 g/mol. The van der Waals surface area contributed by atoms with Gasteiger partial charge in [-0.25, -0.2) is 0 Å². The molecule has 3 rings (SSSR count). The summed E-state index contributed by atoms with van der Waals surface area (Å²) in [4.78, 5) is 12.6. The first kappa shape index (κ1) is 17.1. The smallest absolute Gasteiger partial charge is 0.292 e. The van der Waals surface area contributed by atoms with Gasteiger partial charge in [0.15, 0.2) is 0 Å². The molecule has 2 aromatic carbocycles. The largest absolute Gasteiger partial charge is 0.355 e. The lowest BCUT2D eigenvalue weighted by Crippen LogP contribution is -1.98. The summed E-state index contributed by atoms with van der Waals surface area (Å²) in [5.41, 5.74) is 0.241. The van der Waals surface area contributed by atoms with Crippen molar-refractivity contribution in [3.63, 3.8) is 0 Å². The summed E-state index contributed by atoms with van der Waals surface area (Å²) in [5.74, 6) is 0.0949. The third kappa shape index (κ3) is 4.03. The molecule has 0 aliphatic carbocycles. The van der Waals surface area contributed by atoms with Crippen molar-refractivity contribution in [1.82, 2.24) is 20.6 Å². The van der Waals surface area contributed by atoms with Gasteiger partial charge in [0.25, 0.3) is 5.69 Å². The second kappa shape index (κ2) is 7.91. The van der Waals surface area contributed by atoms with Gasteiger partial charge in [-0.3, -0.25) is 10.1 Å². The molecule has 2 N–H and O–H groups in total. The van der Waals surface area contributed by atoms with Crippen LogP contribution in [0.4, 0.5) is 11.4 Å². The average Bonchev–Trinajstić information content (AvgIpc) is 3.17. The molecular formula is C16H11N7O2S. The Morgan fingerprint density at radius 2 is 2.08 bits per heavy atom. The molecule has 1 aromatic heterocycles. The normalized spacial score (nSPS) is 11.0. The molecule has 0 fully saturated rings. The number of nitrogens with one attached hydrogen (secondary N) is 2. The summed E-state index contributed by atoms with van der Waals surface area (Å²) in [6.45, 7) is 0. The predicted molar refractivity (Wildman–Crippen MR) is 95.1 cm³/mol. The van der Waals surface area contributed by atoms with Gasteiger partial charge in [0, 0.05) is 22.1 Å². The Bertz CT molecular complexity index is 982.